The van der Waals surface area contributed by atoms with Crippen molar-refractivity contribution in [1.82, 2.24) is 9.71 Å². The highest BCUT2D eigenvalue weighted by Gasteiger charge is 2.25. The summed E-state index contributed by atoms with van der Waals surface area (Å²) in [7, 11) is -2.56. The number of nitrogens with two attached hydrogens (primary N) is 1. The van der Waals surface area contributed by atoms with Crippen molar-refractivity contribution in [2.45, 2.75) is 10.6 Å². The van der Waals surface area contributed by atoms with Crippen molar-refractivity contribution in [2.24, 2.45) is 5.73 Å². The van der Waals surface area contributed by atoms with Crippen molar-refractivity contribution in [3.05, 3.63) is 11.2 Å². The number of carbonyl (C=O) groups is 1. The summed E-state index contributed by atoms with van der Waals surface area (Å²) >= 11 is 0.865. The molecule has 7 nitrogen and oxygen atoms in total. The molecule has 1 rings (SSSR count). The zero-order valence-corrected chi connectivity index (χ0v) is 10.8. The van der Waals surface area contributed by atoms with Gasteiger partial charge in [0.2, 0.25) is 0 Å². The summed E-state index contributed by atoms with van der Waals surface area (Å²) in [6.45, 7) is 0.604. The smallest absolute Gasteiger partial charge is 0.358 e. The Labute approximate surface area is 103 Å². The Bertz CT molecular complexity index is 483. The van der Waals surface area contributed by atoms with E-state index in [0.717, 1.165) is 11.3 Å². The lowest BCUT2D eigenvalue weighted by Crippen LogP contribution is -2.27. The maximum atomic E-state index is 11.8. The molecule has 0 aliphatic heterocycles. The van der Waals surface area contributed by atoms with E-state index in [9.17, 15) is 13.2 Å². The average molecular weight is 279 g/mol. The van der Waals surface area contributed by atoms with Crippen LogP contribution < -0.4 is 10.5 Å². The number of hydrogen-bond donors (Lipinski definition) is 2. The molecule has 0 spiro atoms. The summed E-state index contributed by atoms with van der Waals surface area (Å²) in [5, 5.41) is 0. The highest BCUT2D eigenvalue weighted by Crippen LogP contribution is 2.20. The van der Waals surface area contributed by atoms with Gasteiger partial charge in [-0.15, -0.1) is 11.3 Å². The zero-order chi connectivity index (χ0) is 12.9. The van der Waals surface area contributed by atoms with E-state index >= 15 is 0 Å². The largest absolute Gasteiger partial charge is 0.464 e. The number of nitrogens with zero attached hydrogens (tertiary/aromatic N) is 1. The number of methoxy groups -OCH3 is 1. The predicted molar refractivity (Wildman–Crippen MR) is 62.3 cm³/mol. The third-order valence-electron chi connectivity index (χ3n) is 1.83. The van der Waals surface area contributed by atoms with E-state index in [1.165, 1.54) is 12.6 Å². The Hall–Kier alpha value is -1.03. The van der Waals surface area contributed by atoms with Gasteiger partial charge in [0.1, 0.15) is 0 Å². The van der Waals surface area contributed by atoms with Crippen LogP contribution in [0.25, 0.3) is 0 Å². The Balaban J connectivity index is 2.92. The first-order chi connectivity index (χ1) is 8.03. The van der Waals surface area contributed by atoms with E-state index < -0.39 is 16.0 Å². The fourth-order valence-corrected chi connectivity index (χ4v) is 3.28. The van der Waals surface area contributed by atoms with Gasteiger partial charge in [-0.3, -0.25) is 0 Å². The molecule has 9 heteroatoms. The molecule has 1 aromatic rings. The lowest BCUT2D eigenvalue weighted by molar-refractivity contribution is 0.0590. The summed E-state index contributed by atoms with van der Waals surface area (Å²) in [5.41, 5.74) is 6.34. The second-order valence-corrected chi connectivity index (χ2v) is 5.84. The summed E-state index contributed by atoms with van der Waals surface area (Å²) in [4.78, 5) is 15.0. The number of thiazole rings is 1. The molecule has 96 valence electrons. The number of carbonyl (C=O) groups excluding carboxylic acids is 1. The van der Waals surface area contributed by atoms with E-state index in [1.54, 1.807) is 0 Å². The normalized spacial score (nSPS) is 11.4. The maximum absolute atomic E-state index is 11.8. The highest BCUT2D eigenvalue weighted by molar-refractivity contribution is 7.91. The van der Waals surface area contributed by atoms with E-state index in [-0.39, 0.29) is 16.4 Å². The van der Waals surface area contributed by atoms with Crippen LogP contribution >= 0.6 is 11.3 Å². The fourth-order valence-electron chi connectivity index (χ4n) is 1.03. The molecule has 0 bridgehead atoms. The molecule has 0 radical (unpaired) electrons. The molecule has 17 heavy (non-hydrogen) atoms. The third-order valence-corrected chi connectivity index (χ3v) is 4.66. The van der Waals surface area contributed by atoms with Crippen LogP contribution in [-0.2, 0) is 14.8 Å². The fraction of sp³-hybridized carbons (Fsp3) is 0.500. The van der Waals surface area contributed by atoms with Crippen LogP contribution in [0.2, 0.25) is 0 Å². The number of aromatic nitrogens is 1. The number of rotatable bonds is 6. The van der Waals surface area contributed by atoms with Gasteiger partial charge in [-0.25, -0.2) is 22.9 Å². The summed E-state index contributed by atoms with van der Waals surface area (Å²) in [5.74, 6) is -0.773. The first-order valence-electron chi connectivity index (χ1n) is 4.74. The summed E-state index contributed by atoms with van der Waals surface area (Å²) < 4.78 is 30.3. The van der Waals surface area contributed by atoms with Crippen LogP contribution in [0.3, 0.4) is 0 Å². The van der Waals surface area contributed by atoms with E-state index in [0.29, 0.717) is 13.0 Å². The SMILES string of the molecule is COC(=O)c1ncsc1S(=O)(=O)NCCCN. The highest BCUT2D eigenvalue weighted by atomic mass is 32.2. The third kappa shape index (κ3) is 3.46. The molecule has 1 heterocycles. The van der Waals surface area contributed by atoms with Gasteiger partial charge in [0.15, 0.2) is 9.90 Å². The van der Waals surface area contributed by atoms with Crippen LogP contribution in [0.5, 0.6) is 0 Å². The first-order valence-corrected chi connectivity index (χ1v) is 7.10. The topological polar surface area (TPSA) is 111 Å². The molecule has 0 fully saturated rings. The zero-order valence-electron chi connectivity index (χ0n) is 9.17. The number of ether oxygens (including phenoxy) is 1. The Morgan fingerprint density at radius 1 is 1.65 bits per heavy atom. The van der Waals surface area contributed by atoms with Crippen LogP contribution in [0.15, 0.2) is 9.72 Å². The quantitative estimate of drug-likeness (QED) is 0.539. The molecule has 0 atom stereocenters. The number of nitrogens with one attached hydrogen (secondary N) is 1. The molecular weight excluding hydrogens is 266 g/mol. The second-order valence-electron chi connectivity index (χ2n) is 3.02. The first kappa shape index (κ1) is 14.0. The van der Waals surface area contributed by atoms with Gasteiger partial charge in [0.05, 0.1) is 12.6 Å². The number of hydrogen-bond acceptors (Lipinski definition) is 7. The molecule has 3 N–H and O–H groups in total. The van der Waals surface area contributed by atoms with Gasteiger partial charge in [0, 0.05) is 6.54 Å². The second kappa shape index (κ2) is 6.05. The minimum atomic E-state index is -3.73. The Morgan fingerprint density at radius 3 is 2.94 bits per heavy atom. The number of sulfonamides is 1. The Kier molecular flexibility index (Phi) is 5.00. The van der Waals surface area contributed by atoms with Crippen molar-refractivity contribution >= 4 is 27.3 Å². The van der Waals surface area contributed by atoms with E-state index in [2.05, 4.69) is 14.4 Å². The average Bonchev–Trinajstić information content (AvgIpc) is 2.78. The van der Waals surface area contributed by atoms with Crippen molar-refractivity contribution in [3.63, 3.8) is 0 Å². The number of esters is 1. The van der Waals surface area contributed by atoms with Crippen LogP contribution in [-0.4, -0.2) is 39.6 Å². The van der Waals surface area contributed by atoms with Gasteiger partial charge in [-0.1, -0.05) is 0 Å². The van der Waals surface area contributed by atoms with Gasteiger partial charge >= 0.3 is 5.97 Å². The minimum Gasteiger partial charge on any atom is -0.464 e. The molecule has 0 saturated carbocycles. The molecule has 0 saturated heterocycles. The van der Waals surface area contributed by atoms with Gasteiger partial charge < -0.3 is 10.5 Å². The molecule has 0 aliphatic rings. The van der Waals surface area contributed by atoms with Gasteiger partial charge in [-0.2, -0.15) is 0 Å². The van der Waals surface area contributed by atoms with Gasteiger partial charge in [0.25, 0.3) is 10.0 Å². The Morgan fingerprint density at radius 2 is 2.35 bits per heavy atom. The molecule has 0 unspecified atom stereocenters. The van der Waals surface area contributed by atoms with Crippen molar-refractivity contribution in [1.29, 1.82) is 0 Å². The molecule has 0 aliphatic carbocycles. The molecule has 1 aromatic heterocycles. The molecule has 0 aromatic carbocycles. The van der Waals surface area contributed by atoms with Crippen LogP contribution in [0.1, 0.15) is 16.9 Å². The lowest BCUT2D eigenvalue weighted by atomic mass is 10.4. The molecule has 0 amide bonds. The predicted octanol–water partition coefficient (Wildman–Crippen LogP) is -0.443. The van der Waals surface area contributed by atoms with Crippen molar-refractivity contribution in [3.8, 4) is 0 Å². The van der Waals surface area contributed by atoms with Gasteiger partial charge in [-0.05, 0) is 13.0 Å². The maximum Gasteiger partial charge on any atom is 0.358 e. The summed E-state index contributed by atoms with van der Waals surface area (Å²) in [6.07, 6.45) is 0.519. The minimum absolute atomic E-state index is 0.138. The van der Waals surface area contributed by atoms with E-state index in [1.807, 2.05) is 0 Å². The lowest BCUT2D eigenvalue weighted by Gasteiger charge is -2.04. The van der Waals surface area contributed by atoms with Crippen LogP contribution in [0, 0.1) is 0 Å². The van der Waals surface area contributed by atoms with Crippen LogP contribution in [0.4, 0.5) is 0 Å². The molecular formula is C8H13N3O4S2. The monoisotopic (exact) mass is 279 g/mol. The van der Waals surface area contributed by atoms with E-state index in [4.69, 9.17) is 5.73 Å². The standard InChI is InChI=1S/C8H13N3O4S2/c1-15-7(12)6-8(16-5-10-6)17(13,14)11-4-2-3-9/h5,11H,2-4,9H2,1H3. The van der Waals surface area contributed by atoms with Crippen molar-refractivity contribution in [2.75, 3.05) is 20.2 Å². The summed E-state index contributed by atoms with van der Waals surface area (Å²) in [6, 6.07) is 0. The van der Waals surface area contributed by atoms with Crippen molar-refractivity contribution < 1.29 is 17.9 Å².